The maximum absolute atomic E-state index is 12.3. The Kier molecular flexibility index (Phi) is 3.78. The third kappa shape index (κ3) is 2.84. The number of carbonyl (C=O) groups is 1. The molecule has 0 aliphatic heterocycles. The van der Waals surface area contributed by atoms with Gasteiger partial charge in [0.15, 0.2) is 0 Å². The molecular formula is C17H21N3O. The molecule has 0 saturated heterocycles. The molecule has 0 bridgehead atoms. The standard InChI is InChI=1S/C17H21N3O/c1-3-9-20-12(2)15(11-18-20)17(21)19-16-10-14(16)13-7-5-4-6-8-13/h4-8,11,14,16H,3,9-10H2,1-2H3,(H,19,21)/t14-,16+/m0/s1. The van der Waals surface area contributed by atoms with Gasteiger partial charge in [0.1, 0.15) is 0 Å². The second-order valence-corrected chi connectivity index (χ2v) is 5.70. The molecule has 1 aromatic carbocycles. The van der Waals surface area contributed by atoms with Gasteiger partial charge in [0.2, 0.25) is 0 Å². The van der Waals surface area contributed by atoms with Gasteiger partial charge in [-0.05, 0) is 25.3 Å². The number of carbonyl (C=O) groups excluding carboxylic acids is 1. The molecule has 1 heterocycles. The molecule has 2 atom stereocenters. The molecule has 1 aromatic heterocycles. The second kappa shape index (κ2) is 5.72. The highest BCUT2D eigenvalue weighted by atomic mass is 16.1. The number of nitrogens with one attached hydrogen (secondary N) is 1. The zero-order chi connectivity index (χ0) is 14.8. The predicted molar refractivity (Wildman–Crippen MR) is 82.3 cm³/mol. The van der Waals surface area contributed by atoms with Crippen molar-refractivity contribution in [2.45, 2.75) is 45.2 Å². The molecule has 0 spiro atoms. The number of aryl methyl sites for hydroxylation is 1. The highest BCUT2D eigenvalue weighted by Gasteiger charge is 2.39. The minimum atomic E-state index is -0.00159. The molecule has 0 radical (unpaired) electrons. The van der Waals surface area contributed by atoms with Crippen LogP contribution in [0.1, 0.15) is 47.3 Å². The molecular weight excluding hydrogens is 262 g/mol. The van der Waals surface area contributed by atoms with Crippen molar-refractivity contribution in [2.24, 2.45) is 0 Å². The second-order valence-electron chi connectivity index (χ2n) is 5.70. The SMILES string of the molecule is CCCn1ncc(C(=O)N[C@@H]2C[C@H]2c2ccccc2)c1C. The average molecular weight is 283 g/mol. The van der Waals surface area contributed by atoms with Crippen LogP contribution in [0, 0.1) is 6.92 Å². The van der Waals surface area contributed by atoms with Crippen LogP contribution in [0.2, 0.25) is 0 Å². The Labute approximate surface area is 125 Å². The van der Waals surface area contributed by atoms with E-state index < -0.39 is 0 Å². The molecule has 4 heteroatoms. The summed E-state index contributed by atoms with van der Waals surface area (Å²) >= 11 is 0. The van der Waals surface area contributed by atoms with Crippen molar-refractivity contribution in [3.8, 4) is 0 Å². The average Bonchev–Trinajstić information content (AvgIpc) is 3.17. The maximum Gasteiger partial charge on any atom is 0.254 e. The first-order chi connectivity index (χ1) is 10.2. The zero-order valence-electron chi connectivity index (χ0n) is 12.5. The van der Waals surface area contributed by atoms with E-state index in [0.29, 0.717) is 11.5 Å². The number of hydrogen-bond acceptors (Lipinski definition) is 2. The van der Waals surface area contributed by atoms with Crippen molar-refractivity contribution in [1.82, 2.24) is 15.1 Å². The van der Waals surface area contributed by atoms with Gasteiger partial charge in [0, 0.05) is 24.2 Å². The quantitative estimate of drug-likeness (QED) is 0.917. The summed E-state index contributed by atoms with van der Waals surface area (Å²) in [4.78, 5) is 12.3. The number of benzene rings is 1. The van der Waals surface area contributed by atoms with Gasteiger partial charge in [-0.25, -0.2) is 0 Å². The van der Waals surface area contributed by atoms with Crippen LogP contribution in [0.25, 0.3) is 0 Å². The Morgan fingerprint density at radius 2 is 2.14 bits per heavy atom. The summed E-state index contributed by atoms with van der Waals surface area (Å²) in [7, 11) is 0. The van der Waals surface area contributed by atoms with Crippen LogP contribution < -0.4 is 5.32 Å². The van der Waals surface area contributed by atoms with Crippen LogP contribution in [0.3, 0.4) is 0 Å². The molecule has 21 heavy (non-hydrogen) atoms. The van der Waals surface area contributed by atoms with E-state index in [4.69, 9.17) is 0 Å². The van der Waals surface area contributed by atoms with E-state index in [0.717, 1.165) is 25.1 Å². The van der Waals surface area contributed by atoms with E-state index in [1.807, 2.05) is 29.8 Å². The molecule has 110 valence electrons. The lowest BCUT2D eigenvalue weighted by Crippen LogP contribution is -2.27. The Morgan fingerprint density at radius 3 is 2.86 bits per heavy atom. The first-order valence-electron chi connectivity index (χ1n) is 7.59. The first kappa shape index (κ1) is 13.9. The van der Waals surface area contributed by atoms with Crippen LogP contribution in [-0.2, 0) is 6.54 Å². The smallest absolute Gasteiger partial charge is 0.254 e. The van der Waals surface area contributed by atoms with Crippen LogP contribution >= 0.6 is 0 Å². The van der Waals surface area contributed by atoms with Crippen molar-refractivity contribution in [3.63, 3.8) is 0 Å². The van der Waals surface area contributed by atoms with Crippen molar-refractivity contribution in [3.05, 3.63) is 53.3 Å². The van der Waals surface area contributed by atoms with Crippen LogP contribution in [0.5, 0.6) is 0 Å². The molecule has 1 saturated carbocycles. The van der Waals surface area contributed by atoms with Gasteiger partial charge in [0.25, 0.3) is 5.91 Å². The van der Waals surface area contributed by atoms with Gasteiger partial charge in [0.05, 0.1) is 11.8 Å². The van der Waals surface area contributed by atoms with Crippen molar-refractivity contribution < 1.29 is 4.79 Å². The number of aromatic nitrogens is 2. The van der Waals surface area contributed by atoms with E-state index in [-0.39, 0.29) is 11.9 Å². The summed E-state index contributed by atoms with van der Waals surface area (Å²) in [6.45, 7) is 4.92. The minimum absolute atomic E-state index is 0.00159. The summed E-state index contributed by atoms with van der Waals surface area (Å²) in [5.74, 6) is 0.458. The molecule has 1 fully saturated rings. The summed E-state index contributed by atoms with van der Waals surface area (Å²) < 4.78 is 1.90. The highest BCUT2D eigenvalue weighted by molar-refractivity contribution is 5.95. The molecule has 0 unspecified atom stereocenters. The molecule has 1 aliphatic rings. The third-order valence-corrected chi connectivity index (χ3v) is 4.12. The number of nitrogens with zero attached hydrogens (tertiary/aromatic N) is 2. The topological polar surface area (TPSA) is 46.9 Å². The van der Waals surface area contributed by atoms with Crippen molar-refractivity contribution >= 4 is 5.91 Å². The molecule has 1 aliphatic carbocycles. The Hall–Kier alpha value is -2.10. The maximum atomic E-state index is 12.3. The molecule has 3 rings (SSSR count). The number of rotatable bonds is 5. The fraction of sp³-hybridized carbons (Fsp3) is 0.412. The van der Waals surface area contributed by atoms with Crippen molar-refractivity contribution in [2.75, 3.05) is 0 Å². The Balaban J connectivity index is 1.63. The van der Waals surface area contributed by atoms with E-state index in [1.54, 1.807) is 6.20 Å². The number of hydrogen-bond donors (Lipinski definition) is 1. The summed E-state index contributed by atoms with van der Waals surface area (Å²) in [6, 6.07) is 10.6. The molecule has 4 nitrogen and oxygen atoms in total. The van der Waals surface area contributed by atoms with E-state index >= 15 is 0 Å². The third-order valence-electron chi connectivity index (χ3n) is 4.12. The summed E-state index contributed by atoms with van der Waals surface area (Å²) in [5.41, 5.74) is 2.95. The van der Waals surface area contributed by atoms with Gasteiger partial charge in [-0.15, -0.1) is 0 Å². The van der Waals surface area contributed by atoms with E-state index in [2.05, 4.69) is 29.5 Å². The van der Waals surface area contributed by atoms with Gasteiger partial charge in [-0.1, -0.05) is 37.3 Å². The summed E-state index contributed by atoms with van der Waals surface area (Å²) in [5, 5.41) is 7.41. The van der Waals surface area contributed by atoms with Gasteiger partial charge in [-0.2, -0.15) is 5.10 Å². The highest BCUT2D eigenvalue weighted by Crippen LogP contribution is 2.40. The fourth-order valence-corrected chi connectivity index (χ4v) is 2.78. The summed E-state index contributed by atoms with van der Waals surface area (Å²) in [6.07, 6.45) is 3.72. The fourth-order valence-electron chi connectivity index (χ4n) is 2.78. The van der Waals surface area contributed by atoms with Gasteiger partial charge >= 0.3 is 0 Å². The Morgan fingerprint density at radius 1 is 1.38 bits per heavy atom. The van der Waals surface area contributed by atoms with Gasteiger partial charge in [-0.3, -0.25) is 9.48 Å². The van der Waals surface area contributed by atoms with Crippen molar-refractivity contribution in [1.29, 1.82) is 0 Å². The van der Waals surface area contributed by atoms with Crippen LogP contribution in [-0.4, -0.2) is 21.7 Å². The predicted octanol–water partition coefficient (Wildman–Crippen LogP) is 2.89. The normalized spacial score (nSPS) is 20.3. The Bertz CT molecular complexity index is 633. The zero-order valence-corrected chi connectivity index (χ0v) is 12.5. The lowest BCUT2D eigenvalue weighted by atomic mass is 10.1. The largest absolute Gasteiger partial charge is 0.349 e. The lowest BCUT2D eigenvalue weighted by Gasteiger charge is -2.06. The molecule has 1 N–H and O–H groups in total. The lowest BCUT2D eigenvalue weighted by molar-refractivity contribution is 0.0949. The monoisotopic (exact) mass is 283 g/mol. The minimum Gasteiger partial charge on any atom is -0.349 e. The van der Waals surface area contributed by atoms with E-state index in [9.17, 15) is 4.79 Å². The van der Waals surface area contributed by atoms with E-state index in [1.165, 1.54) is 5.56 Å². The van der Waals surface area contributed by atoms with Crippen LogP contribution in [0.4, 0.5) is 0 Å². The molecule has 2 aromatic rings. The number of amides is 1. The first-order valence-corrected chi connectivity index (χ1v) is 7.59. The van der Waals surface area contributed by atoms with Gasteiger partial charge < -0.3 is 5.32 Å². The molecule has 1 amide bonds. The van der Waals surface area contributed by atoms with Crippen LogP contribution in [0.15, 0.2) is 36.5 Å².